The van der Waals surface area contributed by atoms with Gasteiger partial charge in [0.2, 0.25) is 0 Å². The van der Waals surface area contributed by atoms with Crippen LogP contribution in [0.5, 0.6) is 0 Å². The first-order valence-electron chi connectivity index (χ1n) is 8.37. The monoisotopic (exact) mass is 515 g/mol. The van der Waals surface area contributed by atoms with Gasteiger partial charge in [-0.15, -0.1) is 5.56 Å². The van der Waals surface area contributed by atoms with Crippen LogP contribution in [0.3, 0.4) is 0 Å². The molecule has 0 saturated heterocycles. The number of aryl methyl sites for hydroxylation is 2. The molecule has 129 valence electrons. The number of rotatable bonds is 1. The quantitative estimate of drug-likeness (QED) is 0.230. The van der Waals surface area contributed by atoms with E-state index in [0.717, 1.165) is 28.0 Å². The molecule has 0 unspecified atom stereocenters. The third kappa shape index (κ3) is 2.38. The fourth-order valence-electron chi connectivity index (χ4n) is 3.73. The van der Waals surface area contributed by atoms with E-state index in [2.05, 4.69) is 71.6 Å². The number of benzene rings is 2. The van der Waals surface area contributed by atoms with Crippen molar-refractivity contribution in [3.63, 3.8) is 0 Å². The van der Waals surface area contributed by atoms with Crippen LogP contribution in [0.4, 0.5) is 0 Å². The normalized spacial score (nSPS) is 11.2. The van der Waals surface area contributed by atoms with Gasteiger partial charge in [-0.1, -0.05) is 41.1 Å². The maximum atomic E-state index is 4.66. The summed E-state index contributed by atoms with van der Waals surface area (Å²) >= 11 is 0. The third-order valence-corrected chi connectivity index (χ3v) is 4.82. The molecule has 26 heavy (non-hydrogen) atoms. The van der Waals surface area contributed by atoms with Gasteiger partial charge >= 0.3 is 0 Å². The predicted octanol–water partition coefficient (Wildman–Crippen LogP) is 5.12. The fraction of sp³-hybridized carbons (Fsp3) is 0.0909. The molecule has 3 aromatic heterocycles. The molecular formula is C22H16IrN3-. The van der Waals surface area contributed by atoms with Crippen LogP contribution in [-0.2, 0) is 20.1 Å². The van der Waals surface area contributed by atoms with Gasteiger partial charge < -0.3 is 0 Å². The molecule has 0 bridgehead atoms. The van der Waals surface area contributed by atoms with Gasteiger partial charge in [0.1, 0.15) is 0 Å². The van der Waals surface area contributed by atoms with E-state index in [9.17, 15) is 0 Å². The second kappa shape index (κ2) is 6.31. The minimum Gasteiger partial charge on any atom is -0.258 e. The van der Waals surface area contributed by atoms with Crippen molar-refractivity contribution in [2.24, 2.45) is 0 Å². The molecule has 0 aliphatic rings. The molecule has 0 aliphatic carbocycles. The van der Waals surface area contributed by atoms with E-state index in [1.807, 2.05) is 23.7 Å². The Balaban J connectivity index is 0.00000168. The Bertz CT molecular complexity index is 1270. The number of nitrogens with zero attached hydrogens (tertiary/aromatic N) is 3. The Morgan fingerprint density at radius 3 is 2.50 bits per heavy atom. The number of aromatic nitrogens is 3. The van der Waals surface area contributed by atoms with E-state index in [-0.39, 0.29) is 20.1 Å². The number of pyridine rings is 2. The van der Waals surface area contributed by atoms with Gasteiger partial charge in [-0.25, -0.2) is 0 Å². The van der Waals surface area contributed by atoms with E-state index in [4.69, 9.17) is 0 Å². The molecule has 5 rings (SSSR count). The van der Waals surface area contributed by atoms with Gasteiger partial charge in [0, 0.05) is 37.7 Å². The Morgan fingerprint density at radius 2 is 1.69 bits per heavy atom. The van der Waals surface area contributed by atoms with Crippen LogP contribution in [0.1, 0.15) is 11.4 Å². The van der Waals surface area contributed by atoms with Gasteiger partial charge in [0.25, 0.3) is 0 Å². The van der Waals surface area contributed by atoms with Crippen LogP contribution < -0.4 is 0 Å². The molecule has 0 saturated carbocycles. The van der Waals surface area contributed by atoms with Crippen molar-refractivity contribution in [2.45, 2.75) is 13.8 Å². The van der Waals surface area contributed by atoms with Gasteiger partial charge in [0.15, 0.2) is 0 Å². The zero-order valence-electron chi connectivity index (χ0n) is 14.4. The summed E-state index contributed by atoms with van der Waals surface area (Å²) in [5, 5.41) is 8.13. The van der Waals surface area contributed by atoms with Crippen LogP contribution in [-0.4, -0.2) is 14.6 Å². The summed E-state index contributed by atoms with van der Waals surface area (Å²) in [4.78, 5) is 4.66. The van der Waals surface area contributed by atoms with Crippen molar-refractivity contribution in [3.8, 4) is 11.1 Å². The molecule has 1 radical (unpaired) electrons. The average molecular weight is 515 g/mol. The smallest absolute Gasteiger partial charge is 0.0711 e. The van der Waals surface area contributed by atoms with Crippen LogP contribution in [0.25, 0.3) is 38.3 Å². The second-order valence-electron chi connectivity index (χ2n) is 6.37. The van der Waals surface area contributed by atoms with Crippen molar-refractivity contribution in [1.82, 2.24) is 14.6 Å². The van der Waals surface area contributed by atoms with E-state index >= 15 is 0 Å². The molecule has 0 fully saturated rings. The van der Waals surface area contributed by atoms with Crippen LogP contribution in [0.15, 0.2) is 60.8 Å². The van der Waals surface area contributed by atoms with Crippen LogP contribution in [0.2, 0.25) is 0 Å². The number of hydrogen-bond acceptors (Lipinski definition) is 2. The predicted molar refractivity (Wildman–Crippen MR) is 102 cm³/mol. The first kappa shape index (κ1) is 16.9. The summed E-state index contributed by atoms with van der Waals surface area (Å²) in [5.74, 6) is 0. The molecule has 3 heterocycles. The summed E-state index contributed by atoms with van der Waals surface area (Å²) < 4.78 is 1.98. The first-order valence-corrected chi connectivity index (χ1v) is 8.37. The molecular weight excluding hydrogens is 498 g/mol. The van der Waals surface area contributed by atoms with Crippen LogP contribution in [0, 0.1) is 19.9 Å². The van der Waals surface area contributed by atoms with Gasteiger partial charge in [-0.2, -0.15) is 23.3 Å². The Hall–Kier alpha value is -2.55. The number of fused-ring (bicyclic) bond motifs is 6. The average Bonchev–Trinajstić information content (AvgIpc) is 3.12. The molecule has 0 spiro atoms. The van der Waals surface area contributed by atoms with E-state index in [0.29, 0.717) is 0 Å². The van der Waals surface area contributed by atoms with E-state index in [1.54, 1.807) is 0 Å². The van der Waals surface area contributed by atoms with E-state index in [1.165, 1.54) is 21.7 Å². The molecule has 5 aromatic rings. The largest absolute Gasteiger partial charge is 0.258 e. The van der Waals surface area contributed by atoms with Gasteiger partial charge in [0.05, 0.1) is 5.52 Å². The third-order valence-electron chi connectivity index (χ3n) is 4.82. The van der Waals surface area contributed by atoms with E-state index < -0.39 is 0 Å². The van der Waals surface area contributed by atoms with Crippen molar-refractivity contribution < 1.29 is 20.1 Å². The maximum Gasteiger partial charge on any atom is 0.0711 e. The first-order chi connectivity index (χ1) is 12.2. The standard InChI is InChI=1S/C22H16N3.Ir/c1-14-10-11-16(15(2)24-14)18-8-5-9-21-22(18)19-7-4-3-6-17(19)20-12-13-23-25(20)21;/h3-8,10-13H,1-2H3;/q-1;. The molecule has 0 amide bonds. The minimum absolute atomic E-state index is 0. The molecule has 0 aliphatic heterocycles. The molecule has 0 atom stereocenters. The Labute approximate surface area is 165 Å². The Morgan fingerprint density at radius 1 is 0.885 bits per heavy atom. The zero-order chi connectivity index (χ0) is 17.0. The van der Waals surface area contributed by atoms with Gasteiger partial charge in [-0.3, -0.25) is 9.50 Å². The Kier molecular flexibility index (Phi) is 4.10. The fourth-order valence-corrected chi connectivity index (χ4v) is 3.73. The summed E-state index contributed by atoms with van der Waals surface area (Å²) in [6, 6.07) is 22.3. The molecule has 3 nitrogen and oxygen atoms in total. The van der Waals surface area contributed by atoms with Crippen molar-refractivity contribution >= 4 is 27.2 Å². The topological polar surface area (TPSA) is 30.2 Å². The zero-order valence-corrected chi connectivity index (χ0v) is 16.8. The summed E-state index contributed by atoms with van der Waals surface area (Å²) in [7, 11) is 0. The summed E-state index contributed by atoms with van der Waals surface area (Å²) in [5.41, 5.74) is 6.50. The second-order valence-corrected chi connectivity index (χ2v) is 6.37. The van der Waals surface area contributed by atoms with Gasteiger partial charge in [-0.05, 0) is 42.4 Å². The summed E-state index contributed by atoms with van der Waals surface area (Å²) in [6.45, 7) is 4.09. The van der Waals surface area contributed by atoms with Crippen molar-refractivity contribution in [3.05, 3.63) is 78.2 Å². The summed E-state index contributed by atoms with van der Waals surface area (Å²) in [6.07, 6.45) is 1.85. The SMILES string of the molecule is Cc1ccc(-c2cc[c-]c3c2c2ccccc2c2ccnn32)c(C)n1.[Ir]. The molecule has 0 N–H and O–H groups in total. The minimum atomic E-state index is 0. The number of hydrogen-bond donors (Lipinski definition) is 0. The van der Waals surface area contributed by atoms with Crippen molar-refractivity contribution in [2.75, 3.05) is 0 Å². The van der Waals surface area contributed by atoms with Crippen molar-refractivity contribution in [1.29, 1.82) is 0 Å². The molecule has 2 aromatic carbocycles. The molecule has 4 heteroatoms. The van der Waals surface area contributed by atoms with Crippen LogP contribution >= 0.6 is 0 Å². The maximum absolute atomic E-state index is 4.66.